The van der Waals surface area contributed by atoms with Crippen molar-refractivity contribution in [3.8, 4) is 0 Å². The number of piperidine rings is 2. The van der Waals surface area contributed by atoms with Gasteiger partial charge in [0.25, 0.3) is 0 Å². The zero-order chi connectivity index (χ0) is 14.9. The fourth-order valence-corrected chi connectivity index (χ4v) is 3.42. The Bertz CT molecular complexity index is 312. The van der Waals surface area contributed by atoms with E-state index < -0.39 is 0 Å². The summed E-state index contributed by atoms with van der Waals surface area (Å²) in [5.41, 5.74) is 0. The molecule has 0 aromatic heterocycles. The molecule has 2 N–H and O–H groups in total. The van der Waals surface area contributed by atoms with Crippen molar-refractivity contribution < 1.29 is 0 Å². The zero-order valence-electron chi connectivity index (χ0n) is 13.9. The molecule has 2 rings (SSSR count). The predicted molar refractivity (Wildman–Crippen MR) is 89.9 cm³/mol. The highest BCUT2D eigenvalue weighted by atomic mass is 15.2. The Hall–Kier alpha value is -0.810. The maximum Gasteiger partial charge on any atom is 0.191 e. The average Bonchev–Trinajstić information content (AvgIpc) is 2.52. The molecule has 0 aromatic carbocycles. The first-order valence-electron chi connectivity index (χ1n) is 8.63. The van der Waals surface area contributed by atoms with Crippen LogP contribution in [0.5, 0.6) is 0 Å². The van der Waals surface area contributed by atoms with E-state index in [0.29, 0.717) is 0 Å². The molecule has 0 aromatic rings. The fraction of sp³-hybridized carbons (Fsp3) is 0.938. The first kappa shape index (κ1) is 16.6. The predicted octanol–water partition coefficient (Wildman–Crippen LogP) is 0.979. The number of guanidine groups is 1. The van der Waals surface area contributed by atoms with Gasteiger partial charge in [0, 0.05) is 33.2 Å². The average molecular weight is 295 g/mol. The molecule has 0 aliphatic carbocycles. The van der Waals surface area contributed by atoms with E-state index in [0.717, 1.165) is 31.5 Å². The van der Waals surface area contributed by atoms with Gasteiger partial charge in [0.05, 0.1) is 0 Å². The molecule has 2 aliphatic rings. The van der Waals surface area contributed by atoms with Crippen LogP contribution < -0.4 is 10.6 Å². The van der Waals surface area contributed by atoms with Crippen molar-refractivity contribution in [2.24, 2.45) is 10.9 Å². The van der Waals surface area contributed by atoms with Crippen molar-refractivity contribution in [2.75, 3.05) is 59.9 Å². The lowest BCUT2D eigenvalue weighted by atomic mass is 9.99. The van der Waals surface area contributed by atoms with Crippen LogP contribution in [0.2, 0.25) is 0 Å². The van der Waals surface area contributed by atoms with E-state index in [1.54, 1.807) is 0 Å². The second kappa shape index (κ2) is 9.26. The summed E-state index contributed by atoms with van der Waals surface area (Å²) in [4.78, 5) is 9.32. The molecular formula is C16H33N5. The molecule has 2 saturated heterocycles. The summed E-state index contributed by atoms with van der Waals surface area (Å²) in [5, 5.41) is 6.94. The van der Waals surface area contributed by atoms with Gasteiger partial charge in [0.1, 0.15) is 0 Å². The summed E-state index contributed by atoms with van der Waals surface area (Å²) < 4.78 is 0. The molecule has 2 heterocycles. The fourth-order valence-electron chi connectivity index (χ4n) is 3.42. The van der Waals surface area contributed by atoms with Crippen molar-refractivity contribution in [2.45, 2.75) is 32.1 Å². The summed E-state index contributed by atoms with van der Waals surface area (Å²) >= 11 is 0. The van der Waals surface area contributed by atoms with Gasteiger partial charge in [-0.3, -0.25) is 4.99 Å². The number of rotatable bonds is 5. The standard InChI is InChI=1S/C16H33N5/c1-17-16(18-8-12-21-10-4-3-5-11-21)19-13-15-7-6-9-20(2)14-15/h15H,3-14H2,1-2H3,(H2,17,18,19). The maximum atomic E-state index is 4.34. The molecule has 21 heavy (non-hydrogen) atoms. The molecular weight excluding hydrogens is 262 g/mol. The molecule has 1 unspecified atom stereocenters. The maximum absolute atomic E-state index is 4.34. The molecule has 5 nitrogen and oxygen atoms in total. The summed E-state index contributed by atoms with van der Waals surface area (Å²) in [6.45, 7) is 8.14. The van der Waals surface area contributed by atoms with Gasteiger partial charge in [-0.05, 0) is 58.3 Å². The van der Waals surface area contributed by atoms with Crippen LogP contribution in [-0.2, 0) is 0 Å². The molecule has 0 spiro atoms. The molecule has 0 radical (unpaired) electrons. The zero-order valence-corrected chi connectivity index (χ0v) is 13.9. The van der Waals surface area contributed by atoms with Crippen LogP contribution in [0.15, 0.2) is 4.99 Å². The second-order valence-electron chi connectivity index (χ2n) is 6.55. The Morgan fingerprint density at radius 1 is 1.10 bits per heavy atom. The summed E-state index contributed by atoms with van der Waals surface area (Å²) in [6.07, 6.45) is 6.79. The van der Waals surface area contributed by atoms with E-state index >= 15 is 0 Å². The number of aliphatic imine (C=N–C) groups is 1. The van der Waals surface area contributed by atoms with E-state index in [1.807, 2.05) is 7.05 Å². The number of hydrogen-bond donors (Lipinski definition) is 2. The van der Waals surface area contributed by atoms with E-state index in [1.165, 1.54) is 58.3 Å². The van der Waals surface area contributed by atoms with Crippen molar-refractivity contribution in [1.82, 2.24) is 20.4 Å². The Morgan fingerprint density at radius 3 is 2.62 bits per heavy atom. The molecule has 0 amide bonds. The second-order valence-corrected chi connectivity index (χ2v) is 6.55. The quantitative estimate of drug-likeness (QED) is 0.586. The highest BCUT2D eigenvalue weighted by molar-refractivity contribution is 5.79. The number of nitrogens with one attached hydrogen (secondary N) is 2. The van der Waals surface area contributed by atoms with Gasteiger partial charge in [-0.25, -0.2) is 0 Å². The highest BCUT2D eigenvalue weighted by Crippen LogP contribution is 2.13. The molecule has 2 fully saturated rings. The molecule has 0 saturated carbocycles. The van der Waals surface area contributed by atoms with Gasteiger partial charge in [0.2, 0.25) is 0 Å². The lowest BCUT2D eigenvalue weighted by molar-refractivity contribution is 0.210. The third kappa shape index (κ3) is 6.22. The number of likely N-dealkylation sites (tertiary alicyclic amines) is 2. The summed E-state index contributed by atoms with van der Waals surface area (Å²) in [6, 6.07) is 0. The molecule has 2 aliphatic heterocycles. The topological polar surface area (TPSA) is 42.9 Å². The van der Waals surface area contributed by atoms with Gasteiger partial charge in [-0.1, -0.05) is 6.42 Å². The first-order valence-corrected chi connectivity index (χ1v) is 8.63. The normalized spacial score (nSPS) is 25.8. The lowest BCUT2D eigenvalue weighted by Gasteiger charge is -2.30. The molecule has 0 bridgehead atoms. The number of nitrogens with zero attached hydrogens (tertiary/aromatic N) is 3. The van der Waals surface area contributed by atoms with Gasteiger partial charge in [0.15, 0.2) is 5.96 Å². The van der Waals surface area contributed by atoms with Crippen LogP contribution in [0.4, 0.5) is 0 Å². The van der Waals surface area contributed by atoms with Crippen LogP contribution in [0.1, 0.15) is 32.1 Å². The Kier molecular flexibility index (Phi) is 7.30. The Morgan fingerprint density at radius 2 is 1.90 bits per heavy atom. The Balaban J connectivity index is 1.59. The van der Waals surface area contributed by atoms with Crippen molar-refractivity contribution in [1.29, 1.82) is 0 Å². The molecule has 1 atom stereocenters. The minimum atomic E-state index is 0.754. The lowest BCUT2D eigenvalue weighted by Crippen LogP contribution is -2.45. The van der Waals surface area contributed by atoms with Crippen molar-refractivity contribution in [3.05, 3.63) is 0 Å². The molecule has 122 valence electrons. The van der Waals surface area contributed by atoms with E-state index in [9.17, 15) is 0 Å². The summed E-state index contributed by atoms with van der Waals surface area (Å²) in [7, 11) is 4.08. The van der Waals surface area contributed by atoms with Crippen LogP contribution in [-0.4, -0.2) is 75.7 Å². The van der Waals surface area contributed by atoms with E-state index in [-0.39, 0.29) is 0 Å². The molecule has 5 heteroatoms. The van der Waals surface area contributed by atoms with Gasteiger partial charge in [-0.2, -0.15) is 0 Å². The smallest absolute Gasteiger partial charge is 0.191 e. The van der Waals surface area contributed by atoms with Gasteiger partial charge >= 0.3 is 0 Å². The van der Waals surface area contributed by atoms with Crippen LogP contribution >= 0.6 is 0 Å². The van der Waals surface area contributed by atoms with Crippen molar-refractivity contribution in [3.63, 3.8) is 0 Å². The van der Waals surface area contributed by atoms with Gasteiger partial charge in [-0.15, -0.1) is 0 Å². The summed E-state index contributed by atoms with van der Waals surface area (Å²) in [5.74, 6) is 1.71. The third-order valence-electron chi connectivity index (χ3n) is 4.67. The Labute approximate surface area is 130 Å². The van der Waals surface area contributed by atoms with E-state index in [4.69, 9.17) is 0 Å². The van der Waals surface area contributed by atoms with Crippen molar-refractivity contribution >= 4 is 5.96 Å². The minimum Gasteiger partial charge on any atom is -0.356 e. The highest BCUT2D eigenvalue weighted by Gasteiger charge is 2.17. The number of hydrogen-bond acceptors (Lipinski definition) is 3. The largest absolute Gasteiger partial charge is 0.356 e. The monoisotopic (exact) mass is 295 g/mol. The van der Waals surface area contributed by atoms with Crippen LogP contribution in [0, 0.1) is 5.92 Å². The van der Waals surface area contributed by atoms with Crippen LogP contribution in [0.3, 0.4) is 0 Å². The van der Waals surface area contributed by atoms with E-state index in [2.05, 4.69) is 32.5 Å². The van der Waals surface area contributed by atoms with Crippen LogP contribution in [0.25, 0.3) is 0 Å². The SMILES string of the molecule is CN=C(NCCN1CCCCC1)NCC1CCCN(C)C1. The first-order chi connectivity index (χ1) is 10.3. The minimum absolute atomic E-state index is 0.754. The van der Waals surface area contributed by atoms with Gasteiger partial charge < -0.3 is 20.4 Å². The third-order valence-corrected chi connectivity index (χ3v) is 4.67.